The highest BCUT2D eigenvalue weighted by Gasteiger charge is 2.30. The predicted molar refractivity (Wildman–Crippen MR) is 92.8 cm³/mol. The number of aromatic nitrogens is 2. The molecule has 0 fully saturated rings. The number of carbonyl (C=O) groups is 1. The van der Waals surface area contributed by atoms with Crippen LogP contribution in [0.25, 0.3) is 16.6 Å². The highest BCUT2D eigenvalue weighted by molar-refractivity contribution is 6.13. The third-order valence-corrected chi connectivity index (χ3v) is 4.40. The predicted octanol–water partition coefficient (Wildman–Crippen LogP) is 1.06. The van der Waals surface area contributed by atoms with Gasteiger partial charge >= 0.3 is 0 Å². The van der Waals surface area contributed by atoms with E-state index in [2.05, 4.69) is 4.98 Å². The molecule has 3 aromatic rings. The average molecular weight is 337 g/mol. The average Bonchev–Trinajstić information content (AvgIpc) is 2.87. The molecule has 0 amide bonds. The lowest BCUT2D eigenvalue weighted by atomic mass is 10.1. The summed E-state index contributed by atoms with van der Waals surface area (Å²) in [4.78, 5) is 31.7. The fraction of sp³-hybridized carbons (Fsp3) is 0.167. The molecule has 2 N–H and O–H groups in total. The smallest absolute Gasteiger partial charge is 0.266 e. The van der Waals surface area contributed by atoms with Crippen molar-refractivity contribution in [1.29, 1.82) is 0 Å². The van der Waals surface area contributed by atoms with E-state index in [4.69, 9.17) is 5.11 Å². The van der Waals surface area contributed by atoms with Gasteiger partial charge in [-0.1, -0.05) is 0 Å². The van der Waals surface area contributed by atoms with Crippen LogP contribution in [-0.4, -0.2) is 45.7 Å². The summed E-state index contributed by atoms with van der Waals surface area (Å²) in [5.41, 5.74) is 1.58. The van der Waals surface area contributed by atoms with E-state index in [0.717, 1.165) is 5.69 Å². The SMILES string of the molecule is CN(CCO)c1ccc2c(=O)n3c(nc2c1)C(=O)c1cc(O)ccc1-3. The van der Waals surface area contributed by atoms with Crippen LogP contribution in [0.5, 0.6) is 5.75 Å². The van der Waals surface area contributed by atoms with E-state index in [9.17, 15) is 14.7 Å². The molecule has 0 bridgehead atoms. The van der Waals surface area contributed by atoms with Crippen molar-refractivity contribution in [2.24, 2.45) is 0 Å². The van der Waals surface area contributed by atoms with Gasteiger partial charge in [-0.25, -0.2) is 4.98 Å². The number of anilines is 1. The molecule has 7 nitrogen and oxygen atoms in total. The fourth-order valence-corrected chi connectivity index (χ4v) is 3.09. The van der Waals surface area contributed by atoms with Gasteiger partial charge in [-0.05, 0) is 36.4 Å². The lowest BCUT2D eigenvalue weighted by Crippen LogP contribution is -2.23. The largest absolute Gasteiger partial charge is 0.508 e. The molecular weight excluding hydrogens is 322 g/mol. The number of carbonyl (C=O) groups excluding carboxylic acids is 1. The van der Waals surface area contributed by atoms with Crippen LogP contribution in [0.2, 0.25) is 0 Å². The number of aliphatic hydroxyl groups is 1. The molecule has 0 spiro atoms. The maximum Gasteiger partial charge on any atom is 0.266 e. The molecule has 126 valence electrons. The van der Waals surface area contributed by atoms with Gasteiger partial charge in [0.1, 0.15) is 5.75 Å². The van der Waals surface area contributed by atoms with Gasteiger partial charge in [0, 0.05) is 19.3 Å². The minimum absolute atomic E-state index is 0.00605. The lowest BCUT2D eigenvalue weighted by molar-refractivity contribution is 0.103. The Labute approximate surface area is 142 Å². The number of fused-ring (bicyclic) bond motifs is 4. The lowest BCUT2D eigenvalue weighted by Gasteiger charge is -2.18. The normalized spacial score (nSPS) is 12.3. The maximum atomic E-state index is 12.9. The van der Waals surface area contributed by atoms with Crippen molar-refractivity contribution in [2.45, 2.75) is 0 Å². The zero-order valence-corrected chi connectivity index (χ0v) is 13.4. The van der Waals surface area contributed by atoms with Crippen LogP contribution in [0.4, 0.5) is 5.69 Å². The van der Waals surface area contributed by atoms with Crippen molar-refractivity contribution in [3.05, 3.63) is 58.1 Å². The van der Waals surface area contributed by atoms with Crippen molar-refractivity contribution in [2.75, 3.05) is 25.1 Å². The summed E-state index contributed by atoms with van der Waals surface area (Å²) in [6.07, 6.45) is 0. The van der Waals surface area contributed by atoms with E-state index >= 15 is 0 Å². The summed E-state index contributed by atoms with van der Waals surface area (Å²) in [6.45, 7) is 0.450. The Hall–Kier alpha value is -3.19. The van der Waals surface area contributed by atoms with E-state index in [1.165, 1.54) is 22.8 Å². The Bertz CT molecular complexity index is 1090. The molecule has 0 atom stereocenters. The Morgan fingerprint density at radius 2 is 1.96 bits per heavy atom. The topological polar surface area (TPSA) is 95.7 Å². The summed E-state index contributed by atoms with van der Waals surface area (Å²) in [5, 5.41) is 19.1. The molecule has 0 unspecified atom stereocenters. The fourth-order valence-electron chi connectivity index (χ4n) is 3.09. The summed E-state index contributed by atoms with van der Waals surface area (Å²) in [7, 11) is 1.82. The molecule has 0 aliphatic carbocycles. The monoisotopic (exact) mass is 337 g/mol. The number of likely N-dealkylation sites (N-methyl/N-ethyl adjacent to an activating group) is 1. The van der Waals surface area contributed by atoms with Gasteiger partial charge in [-0.15, -0.1) is 0 Å². The highest BCUT2D eigenvalue weighted by Crippen LogP contribution is 2.29. The molecule has 0 saturated carbocycles. The molecule has 1 aliphatic rings. The van der Waals surface area contributed by atoms with E-state index in [0.29, 0.717) is 23.1 Å². The van der Waals surface area contributed by atoms with Gasteiger partial charge in [0.15, 0.2) is 5.82 Å². The third-order valence-electron chi connectivity index (χ3n) is 4.40. The number of ketones is 1. The molecular formula is C18H15N3O4. The molecule has 2 aromatic carbocycles. The highest BCUT2D eigenvalue weighted by atomic mass is 16.3. The van der Waals surface area contributed by atoms with E-state index in [1.807, 2.05) is 11.9 Å². The zero-order valence-electron chi connectivity index (χ0n) is 13.4. The van der Waals surface area contributed by atoms with Crippen LogP contribution in [0.3, 0.4) is 0 Å². The Balaban J connectivity index is 1.96. The minimum Gasteiger partial charge on any atom is -0.508 e. The first-order chi connectivity index (χ1) is 12.0. The number of phenolic OH excluding ortho intramolecular Hbond substituents is 1. The standard InChI is InChI=1S/C18H15N3O4/c1-20(6-7-22)10-2-4-12-14(8-10)19-17-16(24)13-9-11(23)3-5-15(13)21(17)18(12)25/h2-5,8-9,22-23H,6-7H2,1H3. The van der Waals surface area contributed by atoms with Crippen molar-refractivity contribution in [3.8, 4) is 11.4 Å². The first kappa shape index (κ1) is 15.3. The number of aliphatic hydroxyl groups excluding tert-OH is 1. The molecule has 0 saturated heterocycles. The van der Waals surface area contributed by atoms with E-state index in [1.54, 1.807) is 18.2 Å². The van der Waals surface area contributed by atoms with Crippen molar-refractivity contribution < 1.29 is 15.0 Å². The zero-order chi connectivity index (χ0) is 17.7. The van der Waals surface area contributed by atoms with Gasteiger partial charge in [0.25, 0.3) is 5.56 Å². The second-order valence-corrected chi connectivity index (χ2v) is 5.95. The Morgan fingerprint density at radius 1 is 1.16 bits per heavy atom. The molecule has 1 aromatic heterocycles. The third kappa shape index (κ3) is 2.20. The quantitative estimate of drug-likeness (QED) is 0.580. The molecule has 25 heavy (non-hydrogen) atoms. The van der Waals surface area contributed by atoms with E-state index in [-0.39, 0.29) is 35.1 Å². The molecule has 0 radical (unpaired) electrons. The summed E-state index contributed by atoms with van der Waals surface area (Å²) in [5.74, 6) is -0.385. The number of hydrogen-bond donors (Lipinski definition) is 2. The van der Waals surface area contributed by atoms with Gasteiger partial charge in [0.2, 0.25) is 5.78 Å². The second-order valence-electron chi connectivity index (χ2n) is 5.95. The van der Waals surface area contributed by atoms with Crippen LogP contribution < -0.4 is 10.5 Å². The molecule has 7 heteroatoms. The van der Waals surface area contributed by atoms with Crippen LogP contribution in [0.15, 0.2) is 41.2 Å². The van der Waals surface area contributed by atoms with Crippen molar-refractivity contribution in [1.82, 2.24) is 9.55 Å². The van der Waals surface area contributed by atoms with Crippen LogP contribution in [-0.2, 0) is 0 Å². The summed E-state index contributed by atoms with van der Waals surface area (Å²) >= 11 is 0. The minimum atomic E-state index is -0.390. The Kier molecular flexibility index (Phi) is 3.33. The summed E-state index contributed by atoms with van der Waals surface area (Å²) < 4.78 is 1.29. The first-order valence-electron chi connectivity index (χ1n) is 7.78. The number of hydrogen-bond acceptors (Lipinski definition) is 6. The van der Waals surface area contributed by atoms with Gasteiger partial charge < -0.3 is 15.1 Å². The first-order valence-corrected chi connectivity index (χ1v) is 7.78. The summed E-state index contributed by atoms with van der Waals surface area (Å²) in [6, 6.07) is 9.49. The van der Waals surface area contributed by atoms with E-state index < -0.39 is 0 Å². The Morgan fingerprint density at radius 3 is 2.72 bits per heavy atom. The number of aromatic hydroxyl groups is 1. The second kappa shape index (κ2) is 5.42. The maximum absolute atomic E-state index is 12.9. The van der Waals surface area contributed by atoms with Crippen LogP contribution >= 0.6 is 0 Å². The van der Waals surface area contributed by atoms with Gasteiger partial charge in [-0.3, -0.25) is 14.2 Å². The van der Waals surface area contributed by atoms with Crippen molar-refractivity contribution >= 4 is 22.4 Å². The molecule has 1 aliphatic heterocycles. The van der Waals surface area contributed by atoms with Crippen LogP contribution in [0.1, 0.15) is 16.2 Å². The van der Waals surface area contributed by atoms with Gasteiger partial charge in [0.05, 0.1) is 28.8 Å². The van der Waals surface area contributed by atoms with Crippen LogP contribution in [0, 0.1) is 0 Å². The number of phenols is 1. The van der Waals surface area contributed by atoms with Gasteiger partial charge in [-0.2, -0.15) is 0 Å². The molecule has 4 rings (SSSR count). The molecule has 2 heterocycles. The number of rotatable bonds is 3. The van der Waals surface area contributed by atoms with Crippen molar-refractivity contribution in [3.63, 3.8) is 0 Å². The number of benzene rings is 2. The number of nitrogens with zero attached hydrogens (tertiary/aromatic N) is 3.